The Bertz CT molecular complexity index is 1900. The van der Waals surface area contributed by atoms with Crippen molar-refractivity contribution < 1.29 is 24.3 Å². The minimum Gasteiger partial charge on any atom is -0.390 e. The Labute approximate surface area is 278 Å². The first kappa shape index (κ1) is 31.8. The molecule has 0 radical (unpaired) electrons. The number of carbonyl (C=O) groups is 2. The lowest BCUT2D eigenvalue weighted by molar-refractivity contribution is 0.0834. The van der Waals surface area contributed by atoms with E-state index in [-0.39, 0.29) is 30.6 Å². The summed E-state index contributed by atoms with van der Waals surface area (Å²) in [6, 6.07) is 24.0. The molecule has 0 aliphatic carbocycles. The van der Waals surface area contributed by atoms with E-state index in [9.17, 15) is 19.8 Å². The zero-order valence-corrected chi connectivity index (χ0v) is 26.7. The SMILES string of the molecule is O=C(NCC(O)CN1CCc2ccc(-n3ccc4cccc(C(=O)NCC(O)CN5CCc6ccccc6C5)c43)cc2C1)c1ccon1. The van der Waals surface area contributed by atoms with Gasteiger partial charge in [-0.25, -0.2) is 0 Å². The molecular weight excluding hydrogens is 608 g/mol. The molecule has 2 amide bonds. The van der Waals surface area contributed by atoms with Crippen LogP contribution in [0.25, 0.3) is 16.6 Å². The molecule has 2 aliphatic heterocycles. The van der Waals surface area contributed by atoms with Gasteiger partial charge in [0, 0.05) is 75.7 Å². The third-order valence-electron chi connectivity index (χ3n) is 9.33. The number of benzene rings is 3. The van der Waals surface area contributed by atoms with Crippen molar-refractivity contribution in [2.24, 2.45) is 0 Å². The smallest absolute Gasteiger partial charge is 0.273 e. The number of β-amino-alcohol motifs (C(OH)–C–C–N with tert-alkyl or cyclic N) is 2. The van der Waals surface area contributed by atoms with E-state index in [1.165, 1.54) is 29.0 Å². The van der Waals surface area contributed by atoms with Gasteiger partial charge in [0.1, 0.15) is 6.26 Å². The van der Waals surface area contributed by atoms with Crippen LogP contribution < -0.4 is 10.6 Å². The van der Waals surface area contributed by atoms with Gasteiger partial charge >= 0.3 is 0 Å². The van der Waals surface area contributed by atoms with Gasteiger partial charge in [-0.3, -0.25) is 19.4 Å². The zero-order chi connectivity index (χ0) is 33.0. The molecule has 0 saturated heterocycles. The standard InChI is InChI=1S/C37H40N6O5/c44-31(23-41-14-10-25-4-1-2-5-28(25)21-41)19-38-36(46)33-7-3-6-27-12-16-43(35(27)33)30-9-8-26-11-15-42(22-29(26)18-30)24-32(45)20-39-37(47)34-13-17-48-40-34/h1-9,12-13,16-18,31-32,44-45H,10-11,14-15,19-24H2,(H,38,46)(H,39,47). The molecule has 11 nitrogen and oxygen atoms in total. The number of aliphatic hydroxyl groups is 2. The zero-order valence-electron chi connectivity index (χ0n) is 26.7. The summed E-state index contributed by atoms with van der Waals surface area (Å²) in [5.74, 6) is -0.610. The molecule has 0 bridgehead atoms. The highest BCUT2D eigenvalue weighted by atomic mass is 16.5. The second kappa shape index (κ2) is 14.1. The second-order valence-corrected chi connectivity index (χ2v) is 12.7. The van der Waals surface area contributed by atoms with E-state index in [4.69, 9.17) is 4.52 Å². The lowest BCUT2D eigenvalue weighted by Gasteiger charge is -2.31. The molecule has 0 spiro atoms. The molecule has 7 rings (SSSR count). The summed E-state index contributed by atoms with van der Waals surface area (Å²) >= 11 is 0. The Morgan fingerprint density at radius 1 is 0.771 bits per heavy atom. The van der Waals surface area contributed by atoms with E-state index in [0.29, 0.717) is 25.2 Å². The Morgan fingerprint density at radius 3 is 2.19 bits per heavy atom. The van der Waals surface area contributed by atoms with Crippen molar-refractivity contribution >= 4 is 22.7 Å². The molecule has 248 valence electrons. The summed E-state index contributed by atoms with van der Waals surface area (Å²) < 4.78 is 6.75. The number of para-hydroxylation sites is 1. The number of aromatic nitrogens is 2. The van der Waals surface area contributed by atoms with Gasteiger partial charge in [0.05, 0.1) is 23.3 Å². The molecule has 2 unspecified atom stereocenters. The molecule has 4 heterocycles. The van der Waals surface area contributed by atoms with Crippen LogP contribution >= 0.6 is 0 Å². The minimum absolute atomic E-state index is 0.110. The number of hydrogen-bond acceptors (Lipinski definition) is 8. The highest BCUT2D eigenvalue weighted by molar-refractivity contribution is 6.06. The molecular formula is C37H40N6O5. The monoisotopic (exact) mass is 648 g/mol. The predicted molar refractivity (Wildman–Crippen MR) is 181 cm³/mol. The third-order valence-corrected chi connectivity index (χ3v) is 9.33. The molecule has 0 saturated carbocycles. The summed E-state index contributed by atoms with van der Waals surface area (Å²) in [7, 11) is 0. The first-order valence-corrected chi connectivity index (χ1v) is 16.5. The lowest BCUT2D eigenvalue weighted by Crippen LogP contribution is -2.42. The number of nitrogens with one attached hydrogen (secondary N) is 2. The molecule has 11 heteroatoms. The largest absolute Gasteiger partial charge is 0.390 e. The number of amides is 2. The molecule has 5 aromatic rings. The fourth-order valence-corrected chi connectivity index (χ4v) is 6.87. The van der Waals surface area contributed by atoms with E-state index in [2.05, 4.69) is 68.1 Å². The van der Waals surface area contributed by atoms with Crippen molar-refractivity contribution in [2.75, 3.05) is 39.3 Å². The molecule has 2 aliphatic rings. The quantitative estimate of drug-likeness (QED) is 0.172. The van der Waals surface area contributed by atoms with Crippen LogP contribution in [-0.4, -0.2) is 93.0 Å². The summed E-state index contributed by atoms with van der Waals surface area (Å²) in [5.41, 5.74) is 7.55. The maximum absolute atomic E-state index is 13.5. The number of nitrogens with zero attached hydrogens (tertiary/aromatic N) is 4. The highest BCUT2D eigenvalue weighted by Gasteiger charge is 2.23. The number of fused-ring (bicyclic) bond motifs is 3. The average Bonchev–Trinajstić information content (AvgIpc) is 3.80. The van der Waals surface area contributed by atoms with Gasteiger partial charge in [-0.2, -0.15) is 0 Å². The van der Waals surface area contributed by atoms with E-state index in [0.717, 1.165) is 54.6 Å². The summed E-state index contributed by atoms with van der Waals surface area (Å²) in [6.07, 6.45) is 3.70. The highest BCUT2D eigenvalue weighted by Crippen LogP contribution is 2.28. The van der Waals surface area contributed by atoms with Crippen LogP contribution in [-0.2, 0) is 25.9 Å². The van der Waals surface area contributed by atoms with Crippen LogP contribution in [0.4, 0.5) is 0 Å². The molecule has 3 aromatic carbocycles. The summed E-state index contributed by atoms with van der Waals surface area (Å²) in [5, 5.41) is 31.7. The maximum atomic E-state index is 13.5. The second-order valence-electron chi connectivity index (χ2n) is 12.7. The van der Waals surface area contributed by atoms with E-state index in [1.54, 1.807) is 0 Å². The van der Waals surface area contributed by atoms with Crippen LogP contribution in [0.2, 0.25) is 0 Å². The Balaban J connectivity index is 0.991. The van der Waals surface area contributed by atoms with Gasteiger partial charge in [-0.05, 0) is 59.4 Å². The van der Waals surface area contributed by atoms with Crippen LogP contribution in [0.15, 0.2) is 89.8 Å². The van der Waals surface area contributed by atoms with Gasteiger partial charge in [0.25, 0.3) is 11.8 Å². The Morgan fingerprint density at radius 2 is 1.46 bits per heavy atom. The van der Waals surface area contributed by atoms with Crippen molar-refractivity contribution in [3.05, 3.63) is 119 Å². The normalized spacial score (nSPS) is 16.2. The third kappa shape index (κ3) is 7.04. The van der Waals surface area contributed by atoms with Crippen molar-refractivity contribution in [1.82, 2.24) is 30.2 Å². The topological polar surface area (TPSA) is 136 Å². The van der Waals surface area contributed by atoms with E-state index in [1.807, 2.05) is 35.0 Å². The molecule has 2 aromatic heterocycles. The maximum Gasteiger partial charge on any atom is 0.273 e. The van der Waals surface area contributed by atoms with Gasteiger partial charge in [0.15, 0.2) is 5.69 Å². The van der Waals surface area contributed by atoms with Crippen LogP contribution in [0.1, 0.15) is 43.1 Å². The number of carbonyl (C=O) groups excluding carboxylic acids is 2. The predicted octanol–water partition coefficient (Wildman–Crippen LogP) is 2.92. The van der Waals surface area contributed by atoms with Gasteiger partial charge in [0.2, 0.25) is 0 Å². The lowest BCUT2D eigenvalue weighted by atomic mass is 9.98. The number of hydrogen-bond donors (Lipinski definition) is 4. The summed E-state index contributed by atoms with van der Waals surface area (Å²) in [6.45, 7) is 4.33. The minimum atomic E-state index is -0.741. The van der Waals surface area contributed by atoms with Crippen LogP contribution in [0, 0.1) is 0 Å². The van der Waals surface area contributed by atoms with Crippen LogP contribution in [0.5, 0.6) is 0 Å². The molecule has 4 N–H and O–H groups in total. The van der Waals surface area contributed by atoms with Crippen molar-refractivity contribution in [2.45, 2.75) is 38.1 Å². The van der Waals surface area contributed by atoms with Crippen LogP contribution in [0.3, 0.4) is 0 Å². The number of rotatable bonds is 11. The molecule has 48 heavy (non-hydrogen) atoms. The van der Waals surface area contributed by atoms with Gasteiger partial charge < -0.3 is 29.9 Å². The molecule has 2 atom stereocenters. The van der Waals surface area contributed by atoms with E-state index < -0.39 is 12.2 Å². The van der Waals surface area contributed by atoms with Crippen molar-refractivity contribution in [3.63, 3.8) is 0 Å². The first-order valence-electron chi connectivity index (χ1n) is 16.5. The fraction of sp³-hybridized carbons (Fsp3) is 0.324. The van der Waals surface area contributed by atoms with Crippen molar-refractivity contribution in [1.29, 1.82) is 0 Å². The van der Waals surface area contributed by atoms with Crippen molar-refractivity contribution in [3.8, 4) is 5.69 Å². The van der Waals surface area contributed by atoms with E-state index >= 15 is 0 Å². The van der Waals surface area contributed by atoms with Gasteiger partial charge in [-0.1, -0.05) is 47.6 Å². The first-order chi connectivity index (χ1) is 23.4. The summed E-state index contributed by atoms with van der Waals surface area (Å²) in [4.78, 5) is 30.1. The molecule has 0 fully saturated rings. The number of aliphatic hydroxyl groups excluding tert-OH is 2. The van der Waals surface area contributed by atoms with Gasteiger partial charge in [-0.15, -0.1) is 0 Å². The Hall–Kier alpha value is -4.81. The Kier molecular flexibility index (Phi) is 9.35. The average molecular weight is 649 g/mol. The fourth-order valence-electron chi connectivity index (χ4n) is 6.87.